The molecular weight excluding hydrogens is 263 g/mol. The van der Waals surface area contributed by atoms with Crippen molar-refractivity contribution in [2.24, 2.45) is 11.7 Å². The maximum atomic E-state index is 13.6. The molecule has 0 spiro atoms. The second kappa shape index (κ2) is 6.82. The van der Waals surface area contributed by atoms with E-state index in [1.807, 2.05) is 0 Å². The summed E-state index contributed by atoms with van der Waals surface area (Å²) >= 11 is 4.75. The van der Waals surface area contributed by atoms with Gasteiger partial charge in [0, 0.05) is 31.0 Å². The summed E-state index contributed by atoms with van der Waals surface area (Å²) in [5.74, 6) is 0.414. The molecule has 0 heterocycles. The molecule has 1 aromatic rings. The van der Waals surface area contributed by atoms with E-state index in [2.05, 4.69) is 5.32 Å². The number of halogens is 1. The van der Waals surface area contributed by atoms with Gasteiger partial charge in [-0.15, -0.1) is 0 Å². The van der Waals surface area contributed by atoms with Gasteiger partial charge >= 0.3 is 0 Å². The van der Waals surface area contributed by atoms with E-state index in [9.17, 15) is 4.39 Å². The summed E-state index contributed by atoms with van der Waals surface area (Å²) in [6.45, 7) is 2.39. The van der Waals surface area contributed by atoms with Gasteiger partial charge in [-0.1, -0.05) is 12.2 Å². The van der Waals surface area contributed by atoms with Gasteiger partial charge in [-0.05, 0) is 43.4 Å². The van der Waals surface area contributed by atoms with E-state index < -0.39 is 0 Å². The quantitative estimate of drug-likeness (QED) is 0.568. The molecule has 0 unspecified atom stereocenters. The fourth-order valence-electron chi connectivity index (χ4n) is 1.77. The number of nitrogens with one attached hydrogen (secondary N) is 1. The number of anilines is 1. The molecule has 0 bridgehead atoms. The molecule has 0 saturated heterocycles. The predicted molar refractivity (Wildman–Crippen MR) is 78.9 cm³/mol. The Hall–Kier alpha value is -1.20. The first-order chi connectivity index (χ1) is 9.16. The van der Waals surface area contributed by atoms with Crippen molar-refractivity contribution in [2.75, 3.05) is 25.1 Å². The van der Waals surface area contributed by atoms with E-state index in [-0.39, 0.29) is 16.4 Å². The van der Waals surface area contributed by atoms with Gasteiger partial charge in [0.2, 0.25) is 0 Å². The Morgan fingerprint density at radius 3 is 2.89 bits per heavy atom. The van der Waals surface area contributed by atoms with Crippen LogP contribution in [0.3, 0.4) is 0 Å². The zero-order valence-corrected chi connectivity index (χ0v) is 11.6. The highest BCUT2D eigenvalue weighted by Gasteiger charge is 2.20. The minimum Gasteiger partial charge on any atom is -0.389 e. The van der Waals surface area contributed by atoms with E-state index in [4.69, 9.17) is 22.7 Å². The molecule has 5 heteroatoms. The summed E-state index contributed by atoms with van der Waals surface area (Å²) in [7, 11) is 0. The first-order valence-electron chi connectivity index (χ1n) is 6.58. The molecule has 1 aromatic carbocycles. The molecule has 3 nitrogen and oxygen atoms in total. The van der Waals surface area contributed by atoms with Crippen LogP contribution in [-0.4, -0.2) is 24.7 Å². The summed E-state index contributed by atoms with van der Waals surface area (Å²) in [6, 6.07) is 4.80. The highest BCUT2D eigenvalue weighted by Crippen LogP contribution is 2.28. The Morgan fingerprint density at radius 2 is 2.26 bits per heavy atom. The second-order valence-corrected chi connectivity index (χ2v) is 5.30. The summed E-state index contributed by atoms with van der Waals surface area (Å²) in [4.78, 5) is 0.0810. The number of rotatable bonds is 8. The second-order valence-electron chi connectivity index (χ2n) is 4.86. The number of ether oxygens (including phenoxy) is 1. The van der Waals surface area contributed by atoms with E-state index >= 15 is 0 Å². The van der Waals surface area contributed by atoms with Gasteiger partial charge < -0.3 is 15.8 Å². The fraction of sp³-hybridized carbons (Fsp3) is 0.500. The van der Waals surface area contributed by atoms with Gasteiger partial charge in [-0.3, -0.25) is 0 Å². The maximum Gasteiger partial charge on any atom is 0.135 e. The van der Waals surface area contributed by atoms with Crippen LogP contribution in [-0.2, 0) is 4.74 Å². The Kier molecular flexibility index (Phi) is 5.10. The average Bonchev–Trinajstić information content (AvgIpc) is 3.17. The zero-order valence-electron chi connectivity index (χ0n) is 10.8. The van der Waals surface area contributed by atoms with Crippen molar-refractivity contribution in [3.8, 4) is 0 Å². The van der Waals surface area contributed by atoms with Crippen molar-refractivity contribution in [1.29, 1.82) is 0 Å². The average molecular weight is 282 g/mol. The number of benzene rings is 1. The van der Waals surface area contributed by atoms with Gasteiger partial charge in [-0.2, -0.15) is 0 Å². The van der Waals surface area contributed by atoms with Gasteiger partial charge in [-0.25, -0.2) is 4.39 Å². The van der Waals surface area contributed by atoms with Gasteiger partial charge in [0.15, 0.2) is 0 Å². The Morgan fingerprint density at radius 1 is 1.47 bits per heavy atom. The molecule has 3 N–H and O–H groups in total. The lowest BCUT2D eigenvalue weighted by Gasteiger charge is -2.08. The van der Waals surface area contributed by atoms with Crippen LogP contribution >= 0.6 is 12.2 Å². The zero-order chi connectivity index (χ0) is 13.7. The summed E-state index contributed by atoms with van der Waals surface area (Å²) in [5, 5.41) is 3.15. The van der Waals surface area contributed by atoms with E-state index in [0.29, 0.717) is 0 Å². The van der Waals surface area contributed by atoms with Crippen LogP contribution in [0.25, 0.3) is 0 Å². The SMILES string of the molecule is NC(=S)c1ccc(NCCCOCC2CC2)cc1F. The van der Waals surface area contributed by atoms with Crippen LogP contribution in [0, 0.1) is 11.7 Å². The van der Waals surface area contributed by atoms with Crippen LogP contribution in [0.15, 0.2) is 18.2 Å². The van der Waals surface area contributed by atoms with Crippen LogP contribution in [0.5, 0.6) is 0 Å². The van der Waals surface area contributed by atoms with E-state index in [1.165, 1.54) is 18.9 Å². The van der Waals surface area contributed by atoms with E-state index in [0.717, 1.165) is 37.8 Å². The van der Waals surface area contributed by atoms with Crippen molar-refractivity contribution in [2.45, 2.75) is 19.3 Å². The first kappa shape index (κ1) is 14.2. The number of hydrogen-bond acceptors (Lipinski definition) is 3. The minimum atomic E-state index is -0.387. The summed E-state index contributed by atoms with van der Waals surface area (Å²) < 4.78 is 19.1. The molecule has 0 radical (unpaired) electrons. The van der Waals surface area contributed by atoms with Crippen molar-refractivity contribution in [3.05, 3.63) is 29.6 Å². The van der Waals surface area contributed by atoms with Gasteiger partial charge in [0.05, 0.1) is 0 Å². The monoisotopic (exact) mass is 282 g/mol. The standard InChI is InChI=1S/C14H19FN2OS/c15-13-8-11(4-5-12(13)14(16)19)17-6-1-7-18-9-10-2-3-10/h4-5,8,10,17H,1-3,6-7,9H2,(H2,16,19). The third kappa shape index (κ3) is 4.76. The molecule has 1 aliphatic rings. The van der Waals surface area contributed by atoms with Crippen molar-refractivity contribution >= 4 is 22.9 Å². The van der Waals surface area contributed by atoms with Gasteiger partial charge in [0.1, 0.15) is 10.8 Å². The Balaban J connectivity index is 1.67. The molecule has 104 valence electrons. The lowest BCUT2D eigenvalue weighted by Crippen LogP contribution is -2.12. The minimum absolute atomic E-state index is 0.0810. The largest absolute Gasteiger partial charge is 0.389 e. The first-order valence-corrected chi connectivity index (χ1v) is 6.98. The van der Waals surface area contributed by atoms with Crippen molar-refractivity contribution in [1.82, 2.24) is 0 Å². The van der Waals surface area contributed by atoms with Crippen LogP contribution < -0.4 is 11.1 Å². The third-order valence-electron chi connectivity index (χ3n) is 3.08. The van der Waals surface area contributed by atoms with Crippen LogP contribution in [0.4, 0.5) is 10.1 Å². The maximum absolute atomic E-state index is 13.6. The van der Waals surface area contributed by atoms with Gasteiger partial charge in [0.25, 0.3) is 0 Å². The smallest absolute Gasteiger partial charge is 0.135 e. The van der Waals surface area contributed by atoms with Crippen molar-refractivity contribution in [3.63, 3.8) is 0 Å². The lowest BCUT2D eigenvalue weighted by molar-refractivity contribution is 0.124. The Bertz CT molecular complexity index is 449. The lowest BCUT2D eigenvalue weighted by atomic mass is 10.2. The molecule has 19 heavy (non-hydrogen) atoms. The van der Waals surface area contributed by atoms with Crippen LogP contribution in [0.1, 0.15) is 24.8 Å². The topological polar surface area (TPSA) is 47.3 Å². The molecular formula is C14H19FN2OS. The third-order valence-corrected chi connectivity index (χ3v) is 3.30. The molecule has 1 saturated carbocycles. The molecule has 0 amide bonds. The highest BCUT2D eigenvalue weighted by atomic mass is 32.1. The molecule has 0 aliphatic heterocycles. The number of thiocarbonyl (C=S) groups is 1. The normalized spacial score (nSPS) is 14.4. The predicted octanol–water partition coefficient (Wildman–Crippen LogP) is 2.69. The number of nitrogens with two attached hydrogens (primary N) is 1. The Labute approximate surface area is 118 Å². The van der Waals surface area contributed by atoms with Crippen LogP contribution in [0.2, 0.25) is 0 Å². The summed E-state index contributed by atoms with van der Waals surface area (Å²) in [6.07, 6.45) is 3.53. The summed E-state index contributed by atoms with van der Waals surface area (Å²) in [5.41, 5.74) is 6.42. The number of hydrogen-bond donors (Lipinski definition) is 2. The molecule has 1 fully saturated rings. The fourth-order valence-corrected chi connectivity index (χ4v) is 1.93. The highest BCUT2D eigenvalue weighted by molar-refractivity contribution is 7.80. The molecule has 0 aromatic heterocycles. The van der Waals surface area contributed by atoms with Crippen molar-refractivity contribution < 1.29 is 9.13 Å². The molecule has 2 rings (SSSR count). The molecule has 1 aliphatic carbocycles. The van der Waals surface area contributed by atoms with E-state index in [1.54, 1.807) is 12.1 Å². The molecule has 0 atom stereocenters.